The van der Waals surface area contributed by atoms with Gasteiger partial charge in [0.25, 0.3) is 0 Å². The molecule has 1 aliphatic rings. The van der Waals surface area contributed by atoms with Crippen LogP contribution in [0.5, 0.6) is 0 Å². The van der Waals surface area contributed by atoms with E-state index in [9.17, 15) is 4.79 Å². The van der Waals surface area contributed by atoms with Crippen molar-refractivity contribution in [3.63, 3.8) is 0 Å². The summed E-state index contributed by atoms with van der Waals surface area (Å²) >= 11 is 6.03. The Bertz CT molecular complexity index is 984. The van der Waals surface area contributed by atoms with Gasteiger partial charge in [-0.1, -0.05) is 59.2 Å². The molecule has 0 bridgehead atoms. The Morgan fingerprint density at radius 3 is 2.58 bits per heavy atom. The third-order valence-corrected chi connectivity index (χ3v) is 5.85. The second-order valence-electron chi connectivity index (χ2n) is 7.83. The number of halogens is 1. The lowest BCUT2D eigenvalue weighted by molar-refractivity contribution is -0.133. The molecular weight excluding hydrogens is 412 g/mol. The van der Waals surface area contributed by atoms with Crippen molar-refractivity contribution in [2.45, 2.75) is 25.7 Å². The third-order valence-electron chi connectivity index (χ3n) is 5.62. The molecule has 1 aliphatic heterocycles. The van der Waals surface area contributed by atoms with Gasteiger partial charge in [0, 0.05) is 56.2 Å². The number of amides is 1. The van der Waals surface area contributed by atoms with Crippen LogP contribution in [0.15, 0.2) is 59.1 Å². The van der Waals surface area contributed by atoms with Crippen LogP contribution in [0.4, 0.5) is 0 Å². The summed E-state index contributed by atoms with van der Waals surface area (Å²) in [5.41, 5.74) is 2.14. The van der Waals surface area contributed by atoms with Crippen molar-refractivity contribution in [2.75, 3.05) is 32.7 Å². The minimum Gasteiger partial charge on any atom is -0.340 e. The van der Waals surface area contributed by atoms with Gasteiger partial charge in [0.15, 0.2) is 0 Å². The van der Waals surface area contributed by atoms with Crippen LogP contribution < -0.4 is 0 Å². The number of hydrogen-bond donors (Lipinski definition) is 0. The van der Waals surface area contributed by atoms with E-state index >= 15 is 0 Å². The smallest absolute Gasteiger partial charge is 0.228 e. The van der Waals surface area contributed by atoms with Crippen LogP contribution in [0.2, 0.25) is 5.02 Å². The molecule has 0 N–H and O–H groups in total. The van der Waals surface area contributed by atoms with Crippen LogP contribution in [0.3, 0.4) is 0 Å². The van der Waals surface area contributed by atoms with Gasteiger partial charge >= 0.3 is 0 Å². The SMILES string of the molecule is O=C(CCCc1ccccc1)N1CCN(CCc2nc(-c3cccc(Cl)c3)no2)CC1. The maximum absolute atomic E-state index is 12.5. The molecule has 0 saturated carbocycles. The number of aromatic nitrogens is 2. The van der Waals surface area contributed by atoms with Crippen molar-refractivity contribution in [2.24, 2.45) is 0 Å². The molecule has 2 heterocycles. The van der Waals surface area contributed by atoms with Crippen molar-refractivity contribution >= 4 is 17.5 Å². The molecular formula is C24H27ClN4O2. The first kappa shape index (κ1) is 21.5. The summed E-state index contributed by atoms with van der Waals surface area (Å²) in [4.78, 5) is 21.3. The Morgan fingerprint density at radius 1 is 1.00 bits per heavy atom. The largest absolute Gasteiger partial charge is 0.340 e. The minimum atomic E-state index is 0.263. The highest BCUT2D eigenvalue weighted by Gasteiger charge is 2.21. The Morgan fingerprint density at radius 2 is 1.81 bits per heavy atom. The summed E-state index contributed by atoms with van der Waals surface area (Å²) in [7, 11) is 0. The minimum absolute atomic E-state index is 0.263. The van der Waals surface area contributed by atoms with Crippen LogP contribution in [-0.2, 0) is 17.6 Å². The normalized spacial score (nSPS) is 14.7. The van der Waals surface area contributed by atoms with Gasteiger partial charge in [-0.2, -0.15) is 4.98 Å². The highest BCUT2D eigenvalue weighted by atomic mass is 35.5. The first-order valence-corrected chi connectivity index (χ1v) is 11.2. The fraction of sp³-hybridized carbons (Fsp3) is 0.375. The molecule has 2 aromatic carbocycles. The lowest BCUT2D eigenvalue weighted by Crippen LogP contribution is -2.49. The number of rotatable bonds is 8. The average molecular weight is 439 g/mol. The van der Waals surface area contributed by atoms with Gasteiger partial charge in [0.1, 0.15) is 0 Å². The van der Waals surface area contributed by atoms with Crippen molar-refractivity contribution in [1.82, 2.24) is 19.9 Å². The molecule has 0 radical (unpaired) electrons. The summed E-state index contributed by atoms with van der Waals surface area (Å²) in [6.07, 6.45) is 3.16. The Kier molecular flexibility index (Phi) is 7.33. The van der Waals surface area contributed by atoms with Gasteiger partial charge in [0.05, 0.1) is 0 Å². The number of benzene rings is 2. The monoisotopic (exact) mass is 438 g/mol. The quantitative estimate of drug-likeness (QED) is 0.529. The molecule has 31 heavy (non-hydrogen) atoms. The molecule has 4 rings (SSSR count). The lowest BCUT2D eigenvalue weighted by atomic mass is 10.1. The molecule has 6 nitrogen and oxygen atoms in total. The Hall–Kier alpha value is -2.70. The lowest BCUT2D eigenvalue weighted by Gasteiger charge is -2.34. The van der Waals surface area contributed by atoms with Crippen molar-refractivity contribution in [3.05, 3.63) is 71.1 Å². The van der Waals surface area contributed by atoms with Gasteiger partial charge in [0.2, 0.25) is 17.6 Å². The first-order chi connectivity index (χ1) is 15.2. The highest BCUT2D eigenvalue weighted by molar-refractivity contribution is 6.30. The van der Waals surface area contributed by atoms with Gasteiger partial charge in [-0.3, -0.25) is 9.69 Å². The van der Waals surface area contributed by atoms with E-state index in [4.69, 9.17) is 16.1 Å². The predicted molar refractivity (Wildman–Crippen MR) is 121 cm³/mol. The summed E-state index contributed by atoms with van der Waals surface area (Å²) in [5, 5.41) is 4.71. The zero-order valence-corrected chi connectivity index (χ0v) is 18.3. The van der Waals surface area contributed by atoms with E-state index in [1.54, 1.807) is 0 Å². The summed E-state index contributed by atoms with van der Waals surface area (Å²) in [6, 6.07) is 17.8. The van der Waals surface area contributed by atoms with Crippen LogP contribution >= 0.6 is 11.6 Å². The molecule has 0 spiro atoms. The van der Waals surface area contributed by atoms with Gasteiger partial charge in [-0.25, -0.2) is 0 Å². The number of hydrogen-bond acceptors (Lipinski definition) is 5. The second-order valence-corrected chi connectivity index (χ2v) is 8.27. The van der Waals surface area contributed by atoms with Crippen LogP contribution in [0, 0.1) is 0 Å². The van der Waals surface area contributed by atoms with E-state index in [0.717, 1.165) is 51.1 Å². The summed E-state index contributed by atoms with van der Waals surface area (Å²) in [5.74, 6) is 1.44. The van der Waals surface area contributed by atoms with Crippen LogP contribution in [0.1, 0.15) is 24.3 Å². The molecule has 1 aromatic heterocycles. The van der Waals surface area contributed by atoms with Crippen LogP contribution in [0.25, 0.3) is 11.4 Å². The molecule has 0 aliphatic carbocycles. The number of piperazine rings is 1. The zero-order valence-electron chi connectivity index (χ0n) is 17.5. The number of carbonyl (C=O) groups is 1. The molecule has 3 aromatic rings. The number of aryl methyl sites for hydroxylation is 1. The van der Waals surface area contributed by atoms with Crippen molar-refractivity contribution in [3.8, 4) is 11.4 Å². The number of nitrogens with zero attached hydrogens (tertiary/aromatic N) is 4. The average Bonchev–Trinajstić information content (AvgIpc) is 3.28. The van der Waals surface area contributed by atoms with Crippen molar-refractivity contribution in [1.29, 1.82) is 0 Å². The van der Waals surface area contributed by atoms with E-state index in [-0.39, 0.29) is 5.91 Å². The van der Waals surface area contributed by atoms with E-state index in [1.165, 1.54) is 5.56 Å². The fourth-order valence-electron chi connectivity index (χ4n) is 3.82. The standard InChI is InChI=1S/C24H27ClN4O2/c25-21-10-5-9-20(18-21)24-26-22(31-27-24)12-13-28-14-16-29(17-15-28)23(30)11-4-8-19-6-2-1-3-7-19/h1-3,5-7,9-10,18H,4,8,11-17H2. The maximum Gasteiger partial charge on any atom is 0.228 e. The molecule has 1 fully saturated rings. The Labute approximate surface area is 187 Å². The van der Waals surface area contributed by atoms with E-state index in [0.29, 0.717) is 29.6 Å². The molecule has 1 saturated heterocycles. The van der Waals surface area contributed by atoms with Gasteiger partial charge in [-0.15, -0.1) is 0 Å². The van der Waals surface area contributed by atoms with Gasteiger partial charge < -0.3 is 9.42 Å². The molecule has 7 heteroatoms. The van der Waals surface area contributed by atoms with E-state index in [2.05, 4.69) is 27.2 Å². The summed E-state index contributed by atoms with van der Waals surface area (Å²) < 4.78 is 5.39. The van der Waals surface area contributed by atoms with Gasteiger partial charge in [-0.05, 0) is 30.5 Å². The predicted octanol–water partition coefficient (Wildman–Crippen LogP) is 4.10. The molecule has 1 amide bonds. The fourth-order valence-corrected chi connectivity index (χ4v) is 4.01. The maximum atomic E-state index is 12.5. The topological polar surface area (TPSA) is 62.5 Å². The Balaban J connectivity index is 1.17. The third kappa shape index (κ3) is 6.15. The highest BCUT2D eigenvalue weighted by Crippen LogP contribution is 2.20. The first-order valence-electron chi connectivity index (χ1n) is 10.8. The summed E-state index contributed by atoms with van der Waals surface area (Å²) in [6.45, 7) is 4.15. The zero-order chi connectivity index (χ0) is 21.5. The second kappa shape index (κ2) is 10.6. The molecule has 162 valence electrons. The van der Waals surface area contributed by atoms with E-state index < -0.39 is 0 Å². The van der Waals surface area contributed by atoms with E-state index in [1.807, 2.05) is 47.4 Å². The molecule has 0 atom stereocenters. The van der Waals surface area contributed by atoms with Crippen LogP contribution in [-0.4, -0.2) is 58.6 Å². The van der Waals surface area contributed by atoms with Crippen molar-refractivity contribution < 1.29 is 9.32 Å². The number of carbonyl (C=O) groups excluding carboxylic acids is 1. The molecule has 0 unspecified atom stereocenters.